The van der Waals surface area contributed by atoms with Crippen molar-refractivity contribution in [3.8, 4) is 0 Å². The van der Waals surface area contributed by atoms with Gasteiger partial charge >= 0.3 is 0 Å². The van der Waals surface area contributed by atoms with Crippen molar-refractivity contribution in [2.24, 2.45) is 0 Å². The van der Waals surface area contributed by atoms with Gasteiger partial charge in [-0.3, -0.25) is 0 Å². The van der Waals surface area contributed by atoms with Gasteiger partial charge in [0.15, 0.2) is 0 Å². The average Bonchev–Trinajstić information content (AvgIpc) is 2.34. The highest BCUT2D eigenvalue weighted by Crippen LogP contribution is 2.22. The molecule has 1 fully saturated rings. The first-order valence-electron chi connectivity index (χ1n) is 3.42. The number of rotatable bonds is 2. The summed E-state index contributed by atoms with van der Waals surface area (Å²) < 4.78 is 10.3. The van der Waals surface area contributed by atoms with E-state index >= 15 is 0 Å². The highest BCUT2D eigenvalue weighted by atomic mass is 16.5. The van der Waals surface area contributed by atoms with E-state index in [1.54, 1.807) is 14.2 Å². The molecule has 2 heteroatoms. The van der Waals surface area contributed by atoms with E-state index in [1.807, 2.05) is 0 Å². The van der Waals surface area contributed by atoms with Crippen molar-refractivity contribution >= 4 is 0 Å². The van der Waals surface area contributed by atoms with Crippen LogP contribution in [0.3, 0.4) is 0 Å². The summed E-state index contributed by atoms with van der Waals surface area (Å²) in [5.74, 6) is 0. The molecule has 0 aromatic carbocycles. The van der Waals surface area contributed by atoms with Gasteiger partial charge in [-0.2, -0.15) is 0 Å². The average molecular weight is 130 g/mol. The molecule has 2 nitrogen and oxygen atoms in total. The maximum atomic E-state index is 5.16. The molecule has 2 unspecified atom stereocenters. The Balaban J connectivity index is 2.20. The number of methoxy groups -OCH3 is 2. The smallest absolute Gasteiger partial charge is 0.0597 e. The van der Waals surface area contributed by atoms with Crippen LogP contribution in [0.5, 0.6) is 0 Å². The van der Waals surface area contributed by atoms with Gasteiger partial charge in [0, 0.05) is 14.2 Å². The fourth-order valence-electron chi connectivity index (χ4n) is 1.33. The van der Waals surface area contributed by atoms with Gasteiger partial charge in [-0.15, -0.1) is 0 Å². The van der Waals surface area contributed by atoms with Gasteiger partial charge in [-0.1, -0.05) is 0 Å². The van der Waals surface area contributed by atoms with Crippen LogP contribution in [0.15, 0.2) is 0 Å². The number of hydrogen-bond acceptors (Lipinski definition) is 2. The van der Waals surface area contributed by atoms with Crippen LogP contribution in [-0.4, -0.2) is 26.4 Å². The summed E-state index contributed by atoms with van der Waals surface area (Å²) in [4.78, 5) is 0. The minimum absolute atomic E-state index is 0.454. The van der Waals surface area contributed by atoms with E-state index < -0.39 is 0 Å². The number of ether oxygens (including phenoxy) is 2. The zero-order chi connectivity index (χ0) is 6.69. The molecule has 0 saturated heterocycles. The molecular formula is C7H14O2. The minimum Gasteiger partial charge on any atom is -0.381 e. The minimum atomic E-state index is 0.454. The summed E-state index contributed by atoms with van der Waals surface area (Å²) in [6, 6.07) is 0. The van der Waals surface area contributed by atoms with Crippen LogP contribution in [0.25, 0.3) is 0 Å². The molecule has 0 aromatic heterocycles. The fourth-order valence-corrected chi connectivity index (χ4v) is 1.33. The first-order chi connectivity index (χ1) is 4.36. The highest BCUT2D eigenvalue weighted by Gasteiger charge is 2.23. The Morgan fingerprint density at radius 1 is 1.00 bits per heavy atom. The normalized spacial score (nSPS) is 35.3. The third-order valence-corrected chi connectivity index (χ3v) is 2.00. The molecule has 0 N–H and O–H groups in total. The second-order valence-corrected chi connectivity index (χ2v) is 2.53. The van der Waals surface area contributed by atoms with Crippen molar-refractivity contribution in [2.75, 3.05) is 14.2 Å². The van der Waals surface area contributed by atoms with Crippen LogP contribution >= 0.6 is 0 Å². The predicted octanol–water partition coefficient (Wildman–Crippen LogP) is 1.20. The van der Waals surface area contributed by atoms with Gasteiger partial charge in [0.05, 0.1) is 12.2 Å². The van der Waals surface area contributed by atoms with Gasteiger partial charge in [0.25, 0.3) is 0 Å². The van der Waals surface area contributed by atoms with E-state index in [4.69, 9.17) is 9.47 Å². The monoisotopic (exact) mass is 130 g/mol. The second kappa shape index (κ2) is 3.18. The van der Waals surface area contributed by atoms with E-state index in [0.717, 1.165) is 19.3 Å². The number of hydrogen-bond donors (Lipinski definition) is 0. The fraction of sp³-hybridized carbons (Fsp3) is 1.00. The third kappa shape index (κ3) is 1.66. The molecule has 1 rings (SSSR count). The third-order valence-electron chi connectivity index (χ3n) is 2.00. The van der Waals surface area contributed by atoms with Crippen LogP contribution in [-0.2, 0) is 9.47 Å². The topological polar surface area (TPSA) is 18.5 Å². The summed E-state index contributed by atoms with van der Waals surface area (Å²) in [5, 5.41) is 0. The Kier molecular flexibility index (Phi) is 2.49. The van der Waals surface area contributed by atoms with Crippen LogP contribution in [0, 0.1) is 0 Å². The molecule has 2 atom stereocenters. The molecule has 0 radical (unpaired) electrons. The standard InChI is InChI=1S/C7H14O2/c1-8-6-3-4-7(5-6)9-2/h6-7H,3-5H2,1-2H3. The van der Waals surface area contributed by atoms with Gasteiger partial charge in [0.2, 0.25) is 0 Å². The van der Waals surface area contributed by atoms with Crippen LogP contribution < -0.4 is 0 Å². The Labute approximate surface area is 56.2 Å². The molecular weight excluding hydrogens is 116 g/mol. The van der Waals surface area contributed by atoms with Crippen molar-refractivity contribution in [3.63, 3.8) is 0 Å². The van der Waals surface area contributed by atoms with Crippen molar-refractivity contribution < 1.29 is 9.47 Å². The lowest BCUT2D eigenvalue weighted by Gasteiger charge is -2.06. The highest BCUT2D eigenvalue weighted by molar-refractivity contribution is 4.75. The van der Waals surface area contributed by atoms with Gasteiger partial charge in [0.1, 0.15) is 0 Å². The predicted molar refractivity (Wildman–Crippen MR) is 35.4 cm³/mol. The SMILES string of the molecule is COC1CCC(OC)C1. The summed E-state index contributed by atoms with van der Waals surface area (Å²) in [7, 11) is 3.53. The lowest BCUT2D eigenvalue weighted by atomic mass is 10.3. The Hall–Kier alpha value is -0.0800. The molecule has 0 spiro atoms. The van der Waals surface area contributed by atoms with E-state index in [1.165, 1.54) is 0 Å². The Bertz CT molecular complexity index is 73.0. The van der Waals surface area contributed by atoms with Gasteiger partial charge in [-0.25, -0.2) is 0 Å². The molecule has 0 aromatic rings. The van der Waals surface area contributed by atoms with Crippen LogP contribution in [0.1, 0.15) is 19.3 Å². The summed E-state index contributed by atoms with van der Waals surface area (Å²) in [6.07, 6.45) is 4.31. The Morgan fingerprint density at radius 2 is 1.44 bits per heavy atom. The molecule has 54 valence electrons. The first kappa shape index (κ1) is 7.03. The Morgan fingerprint density at radius 3 is 1.67 bits per heavy atom. The molecule has 1 aliphatic rings. The molecule has 0 bridgehead atoms. The lowest BCUT2D eigenvalue weighted by molar-refractivity contribution is 0.0687. The van der Waals surface area contributed by atoms with E-state index in [-0.39, 0.29) is 0 Å². The molecule has 1 saturated carbocycles. The molecule has 0 amide bonds. The second-order valence-electron chi connectivity index (χ2n) is 2.53. The summed E-state index contributed by atoms with van der Waals surface area (Å²) >= 11 is 0. The molecule has 9 heavy (non-hydrogen) atoms. The van der Waals surface area contributed by atoms with Crippen molar-refractivity contribution in [1.82, 2.24) is 0 Å². The lowest BCUT2D eigenvalue weighted by Crippen LogP contribution is -2.08. The molecule has 0 heterocycles. The van der Waals surface area contributed by atoms with Gasteiger partial charge in [-0.05, 0) is 19.3 Å². The zero-order valence-electron chi connectivity index (χ0n) is 6.09. The first-order valence-corrected chi connectivity index (χ1v) is 3.42. The quantitative estimate of drug-likeness (QED) is 0.559. The largest absolute Gasteiger partial charge is 0.381 e. The maximum absolute atomic E-state index is 5.16. The van der Waals surface area contributed by atoms with Crippen molar-refractivity contribution in [3.05, 3.63) is 0 Å². The summed E-state index contributed by atoms with van der Waals surface area (Å²) in [5.41, 5.74) is 0. The summed E-state index contributed by atoms with van der Waals surface area (Å²) in [6.45, 7) is 0. The van der Waals surface area contributed by atoms with Crippen molar-refractivity contribution in [2.45, 2.75) is 31.5 Å². The van der Waals surface area contributed by atoms with Crippen LogP contribution in [0.2, 0.25) is 0 Å². The molecule has 1 aliphatic carbocycles. The van der Waals surface area contributed by atoms with Crippen molar-refractivity contribution in [1.29, 1.82) is 0 Å². The van der Waals surface area contributed by atoms with Gasteiger partial charge < -0.3 is 9.47 Å². The van der Waals surface area contributed by atoms with E-state index in [0.29, 0.717) is 12.2 Å². The molecule has 0 aliphatic heterocycles. The van der Waals surface area contributed by atoms with Crippen LogP contribution in [0.4, 0.5) is 0 Å². The van der Waals surface area contributed by atoms with E-state index in [9.17, 15) is 0 Å². The van der Waals surface area contributed by atoms with E-state index in [2.05, 4.69) is 0 Å². The maximum Gasteiger partial charge on any atom is 0.0597 e. The zero-order valence-corrected chi connectivity index (χ0v) is 6.09.